The number of hydrogen-bond acceptors (Lipinski definition) is 3. The fraction of sp³-hybridized carbons (Fsp3) is 0.125. The van der Waals surface area contributed by atoms with Crippen LogP contribution in [0.5, 0.6) is 0 Å². The number of halogens is 1. The number of nitrogens with one attached hydrogen (secondary N) is 1. The van der Waals surface area contributed by atoms with Crippen LogP contribution in [0.25, 0.3) is 0 Å². The molecule has 0 saturated heterocycles. The molecule has 3 aromatic rings. The fourth-order valence-electron chi connectivity index (χ4n) is 3.04. The molecule has 1 atom stereocenters. The van der Waals surface area contributed by atoms with Gasteiger partial charge in [-0.25, -0.2) is 4.79 Å². The van der Waals surface area contributed by atoms with Gasteiger partial charge in [0.1, 0.15) is 0 Å². The van der Waals surface area contributed by atoms with Crippen molar-refractivity contribution in [3.8, 4) is 0 Å². The summed E-state index contributed by atoms with van der Waals surface area (Å²) in [4.78, 5) is 28.9. The SMILES string of the molecule is COC(=O)/N=C(/C[C@H](NC(=O)c1ccccc1)c1ccccc1Br)c1ccccc1. The van der Waals surface area contributed by atoms with Gasteiger partial charge in [0.25, 0.3) is 5.91 Å². The highest BCUT2D eigenvalue weighted by atomic mass is 79.9. The molecule has 0 fully saturated rings. The normalized spacial score (nSPS) is 12.1. The Morgan fingerprint density at radius 3 is 2.07 bits per heavy atom. The van der Waals surface area contributed by atoms with E-state index >= 15 is 0 Å². The van der Waals surface area contributed by atoms with Crippen LogP contribution in [0, 0.1) is 0 Å². The quantitative estimate of drug-likeness (QED) is 0.485. The summed E-state index contributed by atoms with van der Waals surface area (Å²) >= 11 is 3.57. The van der Waals surface area contributed by atoms with Crippen molar-refractivity contribution in [3.05, 3.63) is 106 Å². The van der Waals surface area contributed by atoms with Crippen LogP contribution < -0.4 is 5.32 Å². The van der Waals surface area contributed by atoms with Crippen molar-refractivity contribution >= 4 is 33.6 Å². The highest BCUT2D eigenvalue weighted by molar-refractivity contribution is 9.10. The van der Waals surface area contributed by atoms with E-state index in [-0.39, 0.29) is 5.91 Å². The predicted octanol–water partition coefficient (Wildman–Crippen LogP) is 5.57. The number of rotatable bonds is 6. The van der Waals surface area contributed by atoms with Gasteiger partial charge >= 0.3 is 6.09 Å². The second-order valence-corrected chi connectivity index (χ2v) is 7.37. The van der Waals surface area contributed by atoms with Crippen LogP contribution in [0.2, 0.25) is 0 Å². The molecular formula is C24H21BrN2O3. The van der Waals surface area contributed by atoms with E-state index in [1.807, 2.05) is 72.8 Å². The molecular weight excluding hydrogens is 444 g/mol. The Bertz CT molecular complexity index is 1040. The molecule has 0 unspecified atom stereocenters. The van der Waals surface area contributed by atoms with Crippen LogP contribution in [-0.4, -0.2) is 24.8 Å². The number of carbonyl (C=O) groups is 2. The molecule has 0 aromatic heterocycles. The molecule has 0 spiro atoms. The van der Waals surface area contributed by atoms with Crippen molar-refractivity contribution in [1.82, 2.24) is 5.32 Å². The van der Waals surface area contributed by atoms with E-state index in [1.54, 1.807) is 12.1 Å². The van der Waals surface area contributed by atoms with Gasteiger partial charge in [-0.05, 0) is 29.3 Å². The molecule has 0 aliphatic rings. The molecule has 152 valence electrons. The predicted molar refractivity (Wildman–Crippen MR) is 121 cm³/mol. The number of ether oxygens (including phenoxy) is 1. The highest BCUT2D eigenvalue weighted by Gasteiger charge is 2.21. The Morgan fingerprint density at radius 1 is 0.900 bits per heavy atom. The van der Waals surface area contributed by atoms with E-state index in [0.717, 1.165) is 15.6 Å². The number of aliphatic imine (C=N–C) groups is 1. The van der Waals surface area contributed by atoms with Gasteiger partial charge < -0.3 is 10.1 Å². The zero-order valence-corrected chi connectivity index (χ0v) is 18.0. The Labute approximate surface area is 183 Å². The minimum Gasteiger partial charge on any atom is -0.451 e. The van der Waals surface area contributed by atoms with E-state index < -0.39 is 12.1 Å². The Balaban J connectivity index is 1.98. The first kappa shape index (κ1) is 21.5. The maximum atomic E-state index is 12.9. The number of methoxy groups -OCH3 is 1. The molecule has 0 aliphatic carbocycles. The third kappa shape index (κ3) is 5.64. The maximum absolute atomic E-state index is 12.9. The number of amides is 2. The standard InChI is InChI=1S/C24H21BrN2O3/c1-30-24(29)27-21(17-10-4-2-5-11-17)16-22(19-14-8-9-15-20(19)25)26-23(28)18-12-6-3-7-13-18/h2-15,22H,16H2,1H3,(H,26,28)/b27-21-/t22-/m0/s1. The molecule has 2 amide bonds. The summed E-state index contributed by atoms with van der Waals surface area (Å²) < 4.78 is 5.60. The van der Waals surface area contributed by atoms with E-state index in [4.69, 9.17) is 4.74 Å². The van der Waals surface area contributed by atoms with Gasteiger partial charge in [-0.3, -0.25) is 4.79 Å². The topological polar surface area (TPSA) is 67.8 Å². The van der Waals surface area contributed by atoms with Crippen molar-refractivity contribution in [3.63, 3.8) is 0 Å². The van der Waals surface area contributed by atoms with E-state index in [0.29, 0.717) is 17.7 Å². The number of benzene rings is 3. The second-order valence-electron chi connectivity index (χ2n) is 6.51. The fourth-order valence-corrected chi connectivity index (χ4v) is 3.60. The zero-order valence-electron chi connectivity index (χ0n) is 16.4. The third-order valence-corrected chi connectivity index (χ3v) is 5.25. The minimum absolute atomic E-state index is 0.207. The summed E-state index contributed by atoms with van der Waals surface area (Å²) in [5.41, 5.74) is 2.75. The first-order valence-electron chi connectivity index (χ1n) is 9.39. The molecule has 30 heavy (non-hydrogen) atoms. The molecule has 3 aromatic carbocycles. The lowest BCUT2D eigenvalue weighted by atomic mass is 9.96. The number of hydrogen-bond donors (Lipinski definition) is 1. The van der Waals surface area contributed by atoms with Gasteiger partial charge in [-0.1, -0.05) is 82.7 Å². The molecule has 3 rings (SSSR count). The Kier molecular flexibility index (Phi) is 7.51. The van der Waals surface area contributed by atoms with E-state index in [1.165, 1.54) is 7.11 Å². The number of nitrogens with zero attached hydrogens (tertiary/aromatic N) is 1. The van der Waals surface area contributed by atoms with E-state index in [2.05, 4.69) is 26.2 Å². The largest absolute Gasteiger partial charge is 0.451 e. The van der Waals surface area contributed by atoms with Gasteiger partial charge in [0.05, 0.1) is 18.9 Å². The van der Waals surface area contributed by atoms with Crippen LogP contribution in [-0.2, 0) is 4.74 Å². The van der Waals surface area contributed by atoms with Crippen molar-refractivity contribution in [2.75, 3.05) is 7.11 Å². The summed E-state index contributed by atoms with van der Waals surface area (Å²) in [7, 11) is 1.29. The average molecular weight is 465 g/mol. The van der Waals surface area contributed by atoms with Gasteiger partial charge in [-0.15, -0.1) is 0 Å². The lowest BCUT2D eigenvalue weighted by molar-refractivity contribution is 0.0937. The lowest BCUT2D eigenvalue weighted by Crippen LogP contribution is -2.30. The first-order valence-corrected chi connectivity index (χ1v) is 10.2. The summed E-state index contributed by atoms with van der Waals surface area (Å²) in [6.07, 6.45) is -0.380. The first-order chi connectivity index (χ1) is 14.6. The van der Waals surface area contributed by atoms with Crippen molar-refractivity contribution in [2.24, 2.45) is 4.99 Å². The van der Waals surface area contributed by atoms with Crippen LogP contribution >= 0.6 is 15.9 Å². The summed E-state index contributed by atoms with van der Waals surface area (Å²) in [6.45, 7) is 0. The summed E-state index contributed by atoms with van der Waals surface area (Å²) in [5, 5.41) is 3.08. The van der Waals surface area contributed by atoms with Crippen LogP contribution in [0.3, 0.4) is 0 Å². The molecule has 0 heterocycles. The lowest BCUT2D eigenvalue weighted by Gasteiger charge is -2.22. The molecule has 0 radical (unpaired) electrons. The Hall–Kier alpha value is -3.25. The summed E-state index contributed by atoms with van der Waals surface area (Å²) in [6, 6.07) is 25.6. The van der Waals surface area contributed by atoms with Crippen LogP contribution in [0.4, 0.5) is 4.79 Å². The number of carbonyl (C=O) groups excluding carboxylic acids is 2. The van der Waals surface area contributed by atoms with Gasteiger partial charge in [0.15, 0.2) is 0 Å². The average Bonchev–Trinajstić information content (AvgIpc) is 2.79. The summed E-state index contributed by atoms with van der Waals surface area (Å²) in [5.74, 6) is -0.207. The van der Waals surface area contributed by atoms with Gasteiger partial charge in [0, 0.05) is 16.5 Å². The monoisotopic (exact) mass is 464 g/mol. The molecule has 0 aliphatic heterocycles. The minimum atomic E-state index is -0.686. The van der Waals surface area contributed by atoms with E-state index in [9.17, 15) is 9.59 Å². The third-order valence-electron chi connectivity index (χ3n) is 4.53. The van der Waals surface area contributed by atoms with Crippen LogP contribution in [0.15, 0.2) is 94.4 Å². The zero-order chi connectivity index (χ0) is 21.3. The molecule has 5 nitrogen and oxygen atoms in total. The van der Waals surface area contributed by atoms with Crippen LogP contribution in [0.1, 0.15) is 33.9 Å². The molecule has 6 heteroatoms. The molecule has 0 saturated carbocycles. The second kappa shape index (κ2) is 10.5. The van der Waals surface area contributed by atoms with Crippen molar-refractivity contribution < 1.29 is 14.3 Å². The van der Waals surface area contributed by atoms with Gasteiger partial charge in [-0.2, -0.15) is 4.99 Å². The van der Waals surface area contributed by atoms with Crippen molar-refractivity contribution in [2.45, 2.75) is 12.5 Å². The van der Waals surface area contributed by atoms with Crippen molar-refractivity contribution in [1.29, 1.82) is 0 Å². The Morgan fingerprint density at radius 2 is 1.47 bits per heavy atom. The molecule has 0 bridgehead atoms. The highest BCUT2D eigenvalue weighted by Crippen LogP contribution is 2.27. The van der Waals surface area contributed by atoms with Gasteiger partial charge in [0.2, 0.25) is 0 Å². The smallest absolute Gasteiger partial charge is 0.433 e. The maximum Gasteiger partial charge on any atom is 0.433 e. The molecule has 1 N–H and O–H groups in total.